The number of carbonyl (C=O) groups is 1. The fraction of sp³-hybridized carbons (Fsp3) is 0.0769. The van der Waals surface area contributed by atoms with Crippen LogP contribution in [0.5, 0.6) is 0 Å². The minimum atomic E-state index is -0.739. The monoisotopic (exact) mass is 326 g/mol. The maximum atomic E-state index is 13.4. The van der Waals surface area contributed by atoms with Crippen LogP contribution in [0, 0.1) is 11.6 Å². The van der Waals surface area contributed by atoms with E-state index in [0.717, 1.165) is 16.6 Å². The highest BCUT2D eigenvalue weighted by atomic mass is 79.9. The number of nitrogens with one attached hydrogen (secondary N) is 1. The van der Waals surface area contributed by atoms with Crippen molar-refractivity contribution in [3.63, 3.8) is 0 Å². The molecule has 0 saturated carbocycles. The minimum Gasteiger partial charge on any atom is -0.310 e. The molecule has 3 nitrogen and oxygen atoms in total. The molecule has 0 aliphatic carbocycles. The number of benzene rings is 1. The fourth-order valence-electron chi connectivity index (χ4n) is 1.52. The molecule has 1 heterocycles. The maximum absolute atomic E-state index is 13.4. The van der Waals surface area contributed by atoms with E-state index in [4.69, 9.17) is 0 Å². The number of rotatable bonds is 3. The van der Waals surface area contributed by atoms with Gasteiger partial charge in [0.2, 0.25) is 5.91 Å². The van der Waals surface area contributed by atoms with E-state index >= 15 is 0 Å². The van der Waals surface area contributed by atoms with E-state index in [1.807, 2.05) is 0 Å². The third-order valence-corrected chi connectivity index (χ3v) is 2.88. The summed E-state index contributed by atoms with van der Waals surface area (Å²) in [4.78, 5) is 15.6. The van der Waals surface area contributed by atoms with Gasteiger partial charge in [0, 0.05) is 16.2 Å². The summed E-state index contributed by atoms with van der Waals surface area (Å²) in [5.41, 5.74) is -0.255. The molecule has 1 aromatic heterocycles. The van der Waals surface area contributed by atoms with E-state index in [9.17, 15) is 13.6 Å². The van der Waals surface area contributed by atoms with E-state index in [1.165, 1.54) is 12.3 Å². The second-order valence-electron chi connectivity index (χ2n) is 3.78. The van der Waals surface area contributed by atoms with Gasteiger partial charge in [-0.15, -0.1) is 0 Å². The Morgan fingerprint density at radius 2 is 1.95 bits per heavy atom. The molecule has 0 radical (unpaired) electrons. The molecule has 0 unspecified atom stereocenters. The molecular formula is C13H9BrF2N2O. The van der Waals surface area contributed by atoms with Gasteiger partial charge >= 0.3 is 0 Å². The Labute approximate surface area is 116 Å². The Hall–Kier alpha value is -1.82. The summed E-state index contributed by atoms with van der Waals surface area (Å²) in [7, 11) is 0. The zero-order chi connectivity index (χ0) is 13.8. The van der Waals surface area contributed by atoms with Gasteiger partial charge in [0.25, 0.3) is 0 Å². The number of hydrogen-bond donors (Lipinski definition) is 1. The Kier molecular flexibility index (Phi) is 4.21. The number of aromatic nitrogens is 1. The molecule has 2 rings (SSSR count). The standard InChI is InChI=1S/C13H9BrF2N2O/c14-8-4-5-17-12(6-8)18-13(19)7-9-10(15)2-1-3-11(9)16/h1-6H,7H2,(H,17,18,19). The highest BCUT2D eigenvalue weighted by molar-refractivity contribution is 9.10. The van der Waals surface area contributed by atoms with Gasteiger partial charge in [-0.05, 0) is 24.3 Å². The summed E-state index contributed by atoms with van der Waals surface area (Å²) in [6, 6.07) is 6.77. The first-order valence-corrected chi connectivity index (χ1v) is 6.20. The van der Waals surface area contributed by atoms with Crippen molar-refractivity contribution in [2.24, 2.45) is 0 Å². The number of pyridine rings is 1. The lowest BCUT2D eigenvalue weighted by Gasteiger charge is -2.06. The summed E-state index contributed by atoms with van der Waals surface area (Å²) in [5.74, 6) is -1.69. The van der Waals surface area contributed by atoms with Gasteiger partial charge in [-0.3, -0.25) is 4.79 Å². The van der Waals surface area contributed by atoms with Crippen LogP contribution in [0.25, 0.3) is 0 Å². The molecule has 1 N–H and O–H groups in total. The van der Waals surface area contributed by atoms with E-state index < -0.39 is 17.5 Å². The van der Waals surface area contributed by atoms with E-state index in [0.29, 0.717) is 5.82 Å². The summed E-state index contributed by atoms with van der Waals surface area (Å²) in [6.07, 6.45) is 1.12. The number of anilines is 1. The molecule has 1 aromatic carbocycles. The van der Waals surface area contributed by atoms with Crippen molar-refractivity contribution in [2.45, 2.75) is 6.42 Å². The van der Waals surface area contributed by atoms with Crippen LogP contribution < -0.4 is 5.32 Å². The van der Waals surface area contributed by atoms with E-state index in [2.05, 4.69) is 26.2 Å². The molecule has 2 aromatic rings. The first-order valence-electron chi connectivity index (χ1n) is 5.40. The minimum absolute atomic E-state index is 0.255. The third kappa shape index (κ3) is 3.57. The van der Waals surface area contributed by atoms with Crippen molar-refractivity contribution in [3.8, 4) is 0 Å². The maximum Gasteiger partial charge on any atom is 0.230 e. The zero-order valence-corrected chi connectivity index (χ0v) is 11.2. The quantitative estimate of drug-likeness (QED) is 0.940. The topological polar surface area (TPSA) is 42.0 Å². The lowest BCUT2D eigenvalue weighted by molar-refractivity contribution is -0.115. The molecule has 19 heavy (non-hydrogen) atoms. The summed E-state index contributed by atoms with van der Waals surface area (Å²) in [5, 5.41) is 2.47. The predicted octanol–water partition coefficient (Wildman–Crippen LogP) is 3.30. The number of halogens is 3. The number of hydrogen-bond acceptors (Lipinski definition) is 2. The molecule has 0 aliphatic rings. The number of amides is 1. The molecule has 0 bridgehead atoms. The van der Waals surface area contributed by atoms with Gasteiger partial charge < -0.3 is 5.32 Å². The van der Waals surface area contributed by atoms with Crippen molar-refractivity contribution in [2.75, 3.05) is 5.32 Å². The molecule has 0 spiro atoms. The second kappa shape index (κ2) is 5.88. The van der Waals surface area contributed by atoms with Gasteiger partial charge in [0.15, 0.2) is 0 Å². The third-order valence-electron chi connectivity index (χ3n) is 2.39. The van der Waals surface area contributed by atoms with Crippen molar-refractivity contribution < 1.29 is 13.6 Å². The molecule has 0 aliphatic heterocycles. The normalized spacial score (nSPS) is 10.3. The second-order valence-corrected chi connectivity index (χ2v) is 4.70. The van der Waals surface area contributed by atoms with Gasteiger partial charge in [0.05, 0.1) is 6.42 Å². The summed E-state index contributed by atoms with van der Waals surface area (Å²) < 4.78 is 27.5. The van der Waals surface area contributed by atoms with Gasteiger partial charge in [0.1, 0.15) is 17.5 Å². The highest BCUT2D eigenvalue weighted by Crippen LogP contribution is 2.15. The van der Waals surface area contributed by atoms with Crippen molar-refractivity contribution >= 4 is 27.7 Å². The smallest absolute Gasteiger partial charge is 0.230 e. The van der Waals surface area contributed by atoms with Gasteiger partial charge in [-0.2, -0.15) is 0 Å². The number of carbonyl (C=O) groups excluding carboxylic acids is 1. The molecule has 0 saturated heterocycles. The molecule has 0 atom stereocenters. The van der Waals surface area contributed by atoms with E-state index in [-0.39, 0.29) is 12.0 Å². The molecule has 0 fully saturated rings. The largest absolute Gasteiger partial charge is 0.310 e. The average Bonchev–Trinajstić information content (AvgIpc) is 2.34. The van der Waals surface area contributed by atoms with Crippen LogP contribution in [0.4, 0.5) is 14.6 Å². The highest BCUT2D eigenvalue weighted by Gasteiger charge is 2.13. The SMILES string of the molecule is O=C(Cc1c(F)cccc1F)Nc1cc(Br)ccn1. The Morgan fingerprint density at radius 3 is 2.58 bits per heavy atom. The zero-order valence-electron chi connectivity index (χ0n) is 9.66. The van der Waals surface area contributed by atoms with Crippen LogP contribution in [0.3, 0.4) is 0 Å². The molecule has 1 amide bonds. The van der Waals surface area contributed by atoms with Crippen LogP contribution in [0.1, 0.15) is 5.56 Å². The molecule has 6 heteroatoms. The van der Waals surface area contributed by atoms with Crippen molar-refractivity contribution in [1.82, 2.24) is 4.98 Å². The van der Waals surface area contributed by atoms with Gasteiger partial charge in [-0.25, -0.2) is 13.8 Å². The fourth-order valence-corrected chi connectivity index (χ4v) is 1.86. The van der Waals surface area contributed by atoms with Crippen LogP contribution in [0.15, 0.2) is 41.0 Å². The number of nitrogens with zero attached hydrogens (tertiary/aromatic N) is 1. The first-order chi connectivity index (χ1) is 9.06. The van der Waals surface area contributed by atoms with Gasteiger partial charge in [-0.1, -0.05) is 22.0 Å². The first kappa shape index (κ1) is 13.6. The van der Waals surface area contributed by atoms with Crippen LogP contribution in [-0.2, 0) is 11.2 Å². The lowest BCUT2D eigenvalue weighted by Crippen LogP contribution is -2.17. The van der Waals surface area contributed by atoms with Crippen molar-refractivity contribution in [1.29, 1.82) is 0 Å². The molecule has 98 valence electrons. The Morgan fingerprint density at radius 1 is 1.26 bits per heavy atom. The summed E-state index contributed by atoms with van der Waals surface area (Å²) >= 11 is 3.23. The summed E-state index contributed by atoms with van der Waals surface area (Å²) in [6.45, 7) is 0. The Bertz CT molecular complexity index is 599. The average molecular weight is 327 g/mol. The Balaban J connectivity index is 2.10. The van der Waals surface area contributed by atoms with Crippen LogP contribution >= 0.6 is 15.9 Å². The van der Waals surface area contributed by atoms with Crippen LogP contribution in [0.2, 0.25) is 0 Å². The van der Waals surface area contributed by atoms with Crippen molar-refractivity contribution in [3.05, 3.63) is 58.2 Å². The lowest BCUT2D eigenvalue weighted by atomic mass is 10.1. The molecular weight excluding hydrogens is 318 g/mol. The van der Waals surface area contributed by atoms with E-state index in [1.54, 1.807) is 12.1 Å². The van der Waals surface area contributed by atoms with Crippen LogP contribution in [-0.4, -0.2) is 10.9 Å². The predicted molar refractivity (Wildman–Crippen MR) is 70.6 cm³/mol.